The summed E-state index contributed by atoms with van der Waals surface area (Å²) in [6.07, 6.45) is 1.55. The van der Waals surface area contributed by atoms with Crippen LogP contribution in [0.4, 0.5) is 4.39 Å². The zero-order valence-corrected chi connectivity index (χ0v) is 12.1. The molecule has 0 saturated carbocycles. The Morgan fingerprint density at radius 2 is 2.10 bits per heavy atom. The van der Waals surface area contributed by atoms with Crippen LogP contribution in [0, 0.1) is 5.82 Å². The molecule has 1 saturated heterocycles. The SMILES string of the molecule is O=C(CSc1cc(C(=O)O)ccc1F)NC1CCOCC1. The number of nitrogens with one attached hydrogen (secondary N) is 1. The van der Waals surface area contributed by atoms with Crippen molar-refractivity contribution in [2.24, 2.45) is 0 Å². The van der Waals surface area contributed by atoms with E-state index in [1.165, 1.54) is 12.1 Å². The Kier molecular flexibility index (Phi) is 5.58. The molecule has 2 N–H and O–H groups in total. The predicted octanol–water partition coefficient (Wildman–Crippen LogP) is 1.91. The summed E-state index contributed by atoms with van der Waals surface area (Å²) >= 11 is 0.994. The summed E-state index contributed by atoms with van der Waals surface area (Å²) in [5, 5.41) is 11.7. The first-order valence-electron chi connectivity index (χ1n) is 6.59. The van der Waals surface area contributed by atoms with Gasteiger partial charge in [0, 0.05) is 24.2 Å². The Balaban J connectivity index is 1.88. The molecule has 1 fully saturated rings. The first-order chi connectivity index (χ1) is 10.1. The Bertz CT molecular complexity index is 532. The van der Waals surface area contributed by atoms with Crippen LogP contribution in [0.1, 0.15) is 23.2 Å². The zero-order chi connectivity index (χ0) is 15.2. The average Bonchev–Trinajstić information content (AvgIpc) is 2.47. The van der Waals surface area contributed by atoms with Gasteiger partial charge in [-0.15, -0.1) is 11.8 Å². The minimum atomic E-state index is -1.12. The number of carboxylic acid groups (broad SMARTS) is 1. The van der Waals surface area contributed by atoms with Gasteiger partial charge in [-0.05, 0) is 31.0 Å². The van der Waals surface area contributed by atoms with E-state index in [1.807, 2.05) is 0 Å². The molecule has 114 valence electrons. The smallest absolute Gasteiger partial charge is 0.335 e. The molecular weight excluding hydrogens is 297 g/mol. The third-order valence-electron chi connectivity index (χ3n) is 3.12. The largest absolute Gasteiger partial charge is 0.478 e. The quantitative estimate of drug-likeness (QED) is 0.812. The number of benzene rings is 1. The number of carbonyl (C=O) groups excluding carboxylic acids is 1. The van der Waals surface area contributed by atoms with Crippen LogP contribution in [-0.4, -0.2) is 42.0 Å². The molecular formula is C14H16FNO4S. The maximum absolute atomic E-state index is 13.6. The standard InChI is InChI=1S/C14H16FNO4S/c15-11-2-1-9(14(18)19)7-12(11)21-8-13(17)16-10-3-5-20-6-4-10/h1-2,7,10H,3-6,8H2,(H,16,17)(H,18,19). The van der Waals surface area contributed by atoms with Crippen molar-refractivity contribution in [1.29, 1.82) is 0 Å². The first kappa shape index (κ1) is 15.8. The fourth-order valence-corrected chi connectivity index (χ4v) is 2.79. The van der Waals surface area contributed by atoms with Gasteiger partial charge in [0.15, 0.2) is 0 Å². The van der Waals surface area contributed by atoms with Gasteiger partial charge in [-0.3, -0.25) is 4.79 Å². The summed E-state index contributed by atoms with van der Waals surface area (Å²) < 4.78 is 18.8. The highest BCUT2D eigenvalue weighted by atomic mass is 32.2. The number of carbonyl (C=O) groups is 2. The maximum atomic E-state index is 13.6. The van der Waals surface area contributed by atoms with E-state index in [0.29, 0.717) is 13.2 Å². The van der Waals surface area contributed by atoms with E-state index in [0.717, 1.165) is 30.7 Å². The number of halogens is 1. The molecule has 1 aliphatic heterocycles. The van der Waals surface area contributed by atoms with Crippen molar-refractivity contribution >= 4 is 23.6 Å². The number of rotatable bonds is 5. The molecule has 1 aromatic rings. The van der Waals surface area contributed by atoms with Crippen molar-refractivity contribution in [2.45, 2.75) is 23.8 Å². The summed E-state index contributed by atoms with van der Waals surface area (Å²) in [5.41, 5.74) is 0.00346. The third kappa shape index (κ3) is 4.71. The molecule has 0 bridgehead atoms. The van der Waals surface area contributed by atoms with Crippen molar-refractivity contribution in [3.05, 3.63) is 29.6 Å². The first-order valence-corrected chi connectivity index (χ1v) is 7.57. The highest BCUT2D eigenvalue weighted by molar-refractivity contribution is 8.00. The molecule has 0 unspecified atom stereocenters. The minimum Gasteiger partial charge on any atom is -0.478 e. The fraction of sp³-hybridized carbons (Fsp3) is 0.429. The molecule has 5 nitrogen and oxygen atoms in total. The Labute approximate surface area is 125 Å². The topological polar surface area (TPSA) is 75.6 Å². The molecule has 1 aliphatic rings. The molecule has 7 heteroatoms. The van der Waals surface area contributed by atoms with E-state index < -0.39 is 11.8 Å². The lowest BCUT2D eigenvalue weighted by Crippen LogP contribution is -2.39. The van der Waals surface area contributed by atoms with E-state index in [4.69, 9.17) is 9.84 Å². The molecule has 0 aliphatic carbocycles. The highest BCUT2D eigenvalue weighted by Crippen LogP contribution is 2.23. The van der Waals surface area contributed by atoms with Gasteiger partial charge < -0.3 is 15.2 Å². The summed E-state index contributed by atoms with van der Waals surface area (Å²) in [6, 6.07) is 3.64. The summed E-state index contributed by atoms with van der Waals surface area (Å²) in [7, 11) is 0. The van der Waals surface area contributed by atoms with Crippen molar-refractivity contribution < 1.29 is 23.8 Å². The number of amides is 1. The van der Waals surface area contributed by atoms with Gasteiger partial charge in [0.2, 0.25) is 5.91 Å². The molecule has 0 spiro atoms. The van der Waals surface area contributed by atoms with Gasteiger partial charge in [0.25, 0.3) is 0 Å². The molecule has 0 radical (unpaired) electrons. The van der Waals surface area contributed by atoms with Crippen molar-refractivity contribution in [3.63, 3.8) is 0 Å². The normalized spacial score (nSPS) is 15.7. The number of hydrogen-bond donors (Lipinski definition) is 2. The molecule has 1 amide bonds. The maximum Gasteiger partial charge on any atom is 0.335 e. The van der Waals surface area contributed by atoms with Crippen LogP contribution in [0.15, 0.2) is 23.1 Å². The molecule has 0 atom stereocenters. The fourth-order valence-electron chi connectivity index (χ4n) is 2.00. The Hall–Kier alpha value is -1.60. The number of aromatic carboxylic acids is 1. The third-order valence-corrected chi connectivity index (χ3v) is 4.15. The molecule has 2 rings (SSSR count). The lowest BCUT2D eigenvalue weighted by atomic mass is 10.1. The van der Waals surface area contributed by atoms with E-state index in [9.17, 15) is 14.0 Å². The van der Waals surface area contributed by atoms with E-state index in [-0.39, 0.29) is 28.2 Å². The van der Waals surface area contributed by atoms with Crippen LogP contribution in [0.2, 0.25) is 0 Å². The van der Waals surface area contributed by atoms with Gasteiger partial charge in [-0.2, -0.15) is 0 Å². The van der Waals surface area contributed by atoms with Crippen molar-refractivity contribution in [3.8, 4) is 0 Å². The molecule has 21 heavy (non-hydrogen) atoms. The monoisotopic (exact) mass is 313 g/mol. The van der Waals surface area contributed by atoms with Crippen molar-refractivity contribution in [1.82, 2.24) is 5.32 Å². The van der Waals surface area contributed by atoms with E-state index in [2.05, 4.69) is 5.32 Å². The van der Waals surface area contributed by atoms with Gasteiger partial charge in [-0.1, -0.05) is 0 Å². The summed E-state index contributed by atoms with van der Waals surface area (Å²) in [5.74, 6) is -1.78. The van der Waals surface area contributed by atoms with Crippen LogP contribution < -0.4 is 5.32 Å². The highest BCUT2D eigenvalue weighted by Gasteiger charge is 2.17. The van der Waals surface area contributed by atoms with Gasteiger partial charge >= 0.3 is 5.97 Å². The minimum absolute atomic E-state index is 0.00346. The number of hydrogen-bond acceptors (Lipinski definition) is 4. The van der Waals surface area contributed by atoms with Crippen LogP contribution in [0.3, 0.4) is 0 Å². The number of thioether (sulfide) groups is 1. The second-order valence-corrected chi connectivity index (χ2v) is 5.71. The zero-order valence-electron chi connectivity index (χ0n) is 11.3. The molecule has 0 aromatic heterocycles. The Morgan fingerprint density at radius 1 is 1.38 bits per heavy atom. The summed E-state index contributed by atoms with van der Waals surface area (Å²) in [6.45, 7) is 1.26. The van der Waals surface area contributed by atoms with E-state index >= 15 is 0 Å². The van der Waals surface area contributed by atoms with Gasteiger partial charge in [0.05, 0.1) is 11.3 Å². The average molecular weight is 313 g/mol. The van der Waals surface area contributed by atoms with Crippen LogP contribution in [-0.2, 0) is 9.53 Å². The number of ether oxygens (including phenoxy) is 1. The second-order valence-electron chi connectivity index (χ2n) is 4.69. The Morgan fingerprint density at radius 3 is 2.76 bits per heavy atom. The summed E-state index contributed by atoms with van der Waals surface area (Å²) in [4.78, 5) is 22.8. The molecule has 1 aromatic carbocycles. The lowest BCUT2D eigenvalue weighted by molar-refractivity contribution is -0.119. The predicted molar refractivity (Wildman–Crippen MR) is 76.1 cm³/mol. The van der Waals surface area contributed by atoms with Gasteiger partial charge in [0.1, 0.15) is 5.82 Å². The second kappa shape index (κ2) is 7.42. The van der Waals surface area contributed by atoms with Crippen LogP contribution in [0.25, 0.3) is 0 Å². The van der Waals surface area contributed by atoms with Crippen molar-refractivity contribution in [2.75, 3.05) is 19.0 Å². The van der Waals surface area contributed by atoms with Crippen LogP contribution >= 0.6 is 11.8 Å². The van der Waals surface area contributed by atoms with Crippen LogP contribution in [0.5, 0.6) is 0 Å². The lowest BCUT2D eigenvalue weighted by Gasteiger charge is -2.23. The van der Waals surface area contributed by atoms with E-state index in [1.54, 1.807) is 0 Å². The number of carboxylic acids is 1. The van der Waals surface area contributed by atoms with Gasteiger partial charge in [-0.25, -0.2) is 9.18 Å². The molecule has 1 heterocycles.